The maximum absolute atomic E-state index is 12.1. The van der Waals surface area contributed by atoms with Crippen LogP contribution < -0.4 is 10.6 Å². The first-order chi connectivity index (χ1) is 10.8. The van der Waals surface area contributed by atoms with Gasteiger partial charge >= 0.3 is 6.03 Å². The monoisotopic (exact) mass is 299 g/mol. The first-order valence-electron chi connectivity index (χ1n) is 7.39. The highest BCUT2D eigenvalue weighted by Gasteiger charge is 2.13. The Balaban J connectivity index is 1.90. The molecule has 1 unspecified atom stereocenters. The zero-order valence-corrected chi connectivity index (χ0v) is 12.4. The summed E-state index contributed by atoms with van der Waals surface area (Å²) >= 11 is 0. The summed E-state index contributed by atoms with van der Waals surface area (Å²) in [5, 5.41) is 14.8. The summed E-state index contributed by atoms with van der Waals surface area (Å²) in [5.74, 6) is 0. The third kappa shape index (κ3) is 5.18. The molecule has 0 spiro atoms. The lowest BCUT2D eigenvalue weighted by Gasteiger charge is -2.19. The molecule has 0 radical (unpaired) electrons. The van der Waals surface area contributed by atoms with E-state index in [4.69, 9.17) is 5.11 Å². The lowest BCUT2D eigenvalue weighted by molar-refractivity contribution is 0.232. The van der Waals surface area contributed by atoms with Crippen molar-refractivity contribution in [2.24, 2.45) is 0 Å². The number of hydrogen-bond acceptors (Lipinski definition) is 3. The Morgan fingerprint density at radius 1 is 1.14 bits per heavy atom. The van der Waals surface area contributed by atoms with Crippen molar-refractivity contribution in [2.75, 3.05) is 6.61 Å². The average molecular weight is 299 g/mol. The molecule has 1 heterocycles. The molecule has 5 heteroatoms. The highest BCUT2D eigenvalue weighted by molar-refractivity contribution is 5.74. The lowest BCUT2D eigenvalue weighted by Crippen LogP contribution is -2.37. The standard InChI is InChI=1S/C17H21N3O2/c21-12-6-10-16(14-7-2-1-3-8-14)20-17(22)19-13-15-9-4-5-11-18-15/h1-5,7-9,11,16,21H,6,10,12-13H2,(H2,19,20,22). The van der Waals surface area contributed by atoms with Gasteiger partial charge in [0.05, 0.1) is 18.3 Å². The molecule has 1 atom stereocenters. The normalized spacial score (nSPS) is 11.7. The number of nitrogens with one attached hydrogen (secondary N) is 2. The van der Waals surface area contributed by atoms with Crippen molar-refractivity contribution in [3.8, 4) is 0 Å². The molecule has 0 saturated heterocycles. The number of amides is 2. The molecule has 116 valence electrons. The van der Waals surface area contributed by atoms with E-state index in [1.165, 1.54) is 0 Å². The van der Waals surface area contributed by atoms with E-state index >= 15 is 0 Å². The second kappa shape index (κ2) is 8.79. The molecule has 0 aliphatic carbocycles. The van der Waals surface area contributed by atoms with Crippen LogP contribution in [0.2, 0.25) is 0 Å². The number of hydrogen-bond donors (Lipinski definition) is 3. The summed E-state index contributed by atoms with van der Waals surface area (Å²) in [6.45, 7) is 0.495. The average Bonchev–Trinajstić information content (AvgIpc) is 2.58. The van der Waals surface area contributed by atoms with Gasteiger partial charge < -0.3 is 15.7 Å². The molecule has 0 saturated carbocycles. The third-order valence-corrected chi connectivity index (χ3v) is 3.31. The Bertz CT molecular complexity index is 561. The summed E-state index contributed by atoms with van der Waals surface area (Å²) in [6, 6.07) is 15.0. The van der Waals surface area contributed by atoms with E-state index in [1.807, 2.05) is 48.5 Å². The smallest absolute Gasteiger partial charge is 0.315 e. The molecular weight excluding hydrogens is 278 g/mol. The molecule has 22 heavy (non-hydrogen) atoms. The first kappa shape index (κ1) is 16.0. The summed E-state index contributed by atoms with van der Waals surface area (Å²) in [5.41, 5.74) is 1.84. The van der Waals surface area contributed by atoms with Gasteiger partial charge in [0.1, 0.15) is 0 Å². The van der Waals surface area contributed by atoms with Crippen molar-refractivity contribution in [3.05, 3.63) is 66.0 Å². The van der Waals surface area contributed by atoms with Crippen LogP contribution in [0.15, 0.2) is 54.7 Å². The van der Waals surface area contributed by atoms with Crippen LogP contribution in [0.3, 0.4) is 0 Å². The number of carbonyl (C=O) groups is 1. The van der Waals surface area contributed by atoms with Gasteiger partial charge in [-0.2, -0.15) is 0 Å². The second-order valence-corrected chi connectivity index (χ2v) is 4.98. The molecule has 2 amide bonds. The minimum absolute atomic E-state index is 0.112. The van der Waals surface area contributed by atoms with Gasteiger partial charge in [0.2, 0.25) is 0 Å². The SMILES string of the molecule is O=C(NCc1ccccn1)NC(CCCO)c1ccccc1. The maximum atomic E-state index is 12.1. The number of aromatic nitrogens is 1. The first-order valence-corrected chi connectivity index (χ1v) is 7.39. The fourth-order valence-electron chi connectivity index (χ4n) is 2.19. The molecule has 0 aliphatic rings. The van der Waals surface area contributed by atoms with Crippen molar-refractivity contribution < 1.29 is 9.90 Å². The number of pyridine rings is 1. The Morgan fingerprint density at radius 2 is 1.91 bits per heavy atom. The van der Waals surface area contributed by atoms with Crippen LogP contribution in [-0.2, 0) is 6.54 Å². The van der Waals surface area contributed by atoms with Crippen LogP contribution in [-0.4, -0.2) is 22.7 Å². The van der Waals surface area contributed by atoms with Crippen LogP contribution in [0.5, 0.6) is 0 Å². The van der Waals surface area contributed by atoms with Crippen LogP contribution in [0.1, 0.15) is 30.1 Å². The van der Waals surface area contributed by atoms with Crippen LogP contribution >= 0.6 is 0 Å². The Morgan fingerprint density at radius 3 is 2.59 bits per heavy atom. The van der Waals surface area contributed by atoms with Crippen molar-refractivity contribution in [1.82, 2.24) is 15.6 Å². The number of urea groups is 1. The predicted molar refractivity (Wildman–Crippen MR) is 85.1 cm³/mol. The second-order valence-electron chi connectivity index (χ2n) is 4.98. The molecule has 1 aromatic carbocycles. The van der Waals surface area contributed by atoms with E-state index in [9.17, 15) is 4.79 Å². The number of aliphatic hydroxyl groups is 1. The zero-order chi connectivity index (χ0) is 15.6. The van der Waals surface area contributed by atoms with Gasteiger partial charge in [0.25, 0.3) is 0 Å². The summed E-state index contributed by atoms with van der Waals surface area (Å²) in [6.07, 6.45) is 3.03. The van der Waals surface area contributed by atoms with Gasteiger partial charge in [-0.05, 0) is 30.5 Å². The lowest BCUT2D eigenvalue weighted by atomic mass is 10.0. The van der Waals surface area contributed by atoms with Gasteiger partial charge in [0.15, 0.2) is 0 Å². The predicted octanol–water partition coefficient (Wildman–Crippen LogP) is 2.39. The Labute approximate surface area is 130 Å². The van der Waals surface area contributed by atoms with Gasteiger partial charge in [0, 0.05) is 12.8 Å². The molecule has 0 aliphatic heterocycles. The van der Waals surface area contributed by atoms with Crippen LogP contribution in [0.25, 0.3) is 0 Å². The molecule has 2 rings (SSSR count). The van der Waals surface area contributed by atoms with E-state index in [-0.39, 0.29) is 18.7 Å². The molecule has 1 aromatic heterocycles. The third-order valence-electron chi connectivity index (χ3n) is 3.31. The number of carbonyl (C=O) groups excluding carboxylic acids is 1. The summed E-state index contributed by atoms with van der Waals surface area (Å²) in [4.78, 5) is 16.2. The number of aliphatic hydroxyl groups excluding tert-OH is 1. The molecule has 0 bridgehead atoms. The molecular formula is C17H21N3O2. The Hall–Kier alpha value is -2.40. The summed E-state index contributed by atoms with van der Waals surface area (Å²) in [7, 11) is 0. The minimum Gasteiger partial charge on any atom is -0.396 e. The zero-order valence-electron chi connectivity index (χ0n) is 12.4. The number of nitrogens with zero attached hydrogens (tertiary/aromatic N) is 1. The molecule has 3 N–H and O–H groups in total. The van der Waals surface area contributed by atoms with Crippen molar-refractivity contribution in [1.29, 1.82) is 0 Å². The highest BCUT2D eigenvalue weighted by Crippen LogP contribution is 2.17. The van der Waals surface area contributed by atoms with Crippen LogP contribution in [0, 0.1) is 0 Å². The molecule has 0 fully saturated rings. The Kier molecular flexibility index (Phi) is 6.39. The van der Waals surface area contributed by atoms with Crippen molar-refractivity contribution >= 4 is 6.03 Å². The maximum Gasteiger partial charge on any atom is 0.315 e. The minimum atomic E-state index is -0.238. The largest absolute Gasteiger partial charge is 0.396 e. The van der Waals surface area contributed by atoms with E-state index < -0.39 is 0 Å². The molecule has 5 nitrogen and oxygen atoms in total. The molecule has 2 aromatic rings. The van der Waals surface area contributed by atoms with E-state index in [0.717, 1.165) is 11.3 Å². The number of benzene rings is 1. The fraction of sp³-hybridized carbons (Fsp3) is 0.294. The van der Waals surface area contributed by atoms with Gasteiger partial charge in [-0.25, -0.2) is 4.79 Å². The highest BCUT2D eigenvalue weighted by atomic mass is 16.3. The van der Waals surface area contributed by atoms with Gasteiger partial charge in [-0.1, -0.05) is 36.4 Å². The summed E-state index contributed by atoms with van der Waals surface area (Å²) < 4.78 is 0. The van der Waals surface area contributed by atoms with Crippen molar-refractivity contribution in [2.45, 2.75) is 25.4 Å². The van der Waals surface area contributed by atoms with Crippen LogP contribution in [0.4, 0.5) is 4.79 Å². The van der Waals surface area contributed by atoms with E-state index in [1.54, 1.807) is 6.20 Å². The van der Waals surface area contributed by atoms with Gasteiger partial charge in [-0.15, -0.1) is 0 Å². The quantitative estimate of drug-likeness (QED) is 0.735. The van der Waals surface area contributed by atoms with Gasteiger partial charge in [-0.3, -0.25) is 4.98 Å². The van der Waals surface area contributed by atoms with E-state index in [2.05, 4.69) is 15.6 Å². The van der Waals surface area contributed by atoms with E-state index in [0.29, 0.717) is 19.4 Å². The fourth-order valence-corrected chi connectivity index (χ4v) is 2.19. The number of rotatable bonds is 7. The van der Waals surface area contributed by atoms with Crippen molar-refractivity contribution in [3.63, 3.8) is 0 Å². The topological polar surface area (TPSA) is 74.2 Å².